The Bertz CT molecular complexity index is 11.6. The summed E-state index contributed by atoms with van der Waals surface area (Å²) in [7, 11) is 0. The minimum atomic E-state index is 0. The van der Waals surface area contributed by atoms with Crippen LogP contribution in [0.2, 0.25) is 0 Å². The first-order chi connectivity index (χ1) is 0. The summed E-state index contributed by atoms with van der Waals surface area (Å²) in [6, 6.07) is 0. The van der Waals surface area contributed by atoms with Crippen molar-refractivity contribution in [2.45, 2.75) is 0 Å². The largest absolute Gasteiger partial charge is 1.00 e. The fourth-order valence-corrected chi connectivity index (χ4v) is 0. The van der Waals surface area contributed by atoms with Crippen LogP contribution in [0.4, 0.5) is 0 Å². The van der Waals surface area contributed by atoms with E-state index in [9.17, 15) is 0 Å². The molecule has 1 radical (unpaired) electrons. The third-order valence-corrected chi connectivity index (χ3v) is 0. The maximum atomic E-state index is 0. The predicted molar refractivity (Wildman–Crippen MR) is 1.11 cm³/mol. The van der Waals surface area contributed by atoms with Crippen molar-refractivity contribution < 1.29 is 114 Å². The van der Waals surface area contributed by atoms with Gasteiger partial charge in [-0.2, -0.15) is 0 Å². The van der Waals surface area contributed by atoms with E-state index in [-0.39, 0.29) is 114 Å². The van der Waals surface area contributed by atoms with Crippen molar-refractivity contribution in [3.05, 3.63) is 0 Å². The Morgan fingerprint density at radius 3 is 1.25 bits per heavy atom. The molecular weight excluding hydrogens is 322 g/mol. The van der Waals surface area contributed by atoms with Crippen molar-refractivity contribution in [1.29, 1.82) is 0 Å². The molecule has 17 valence electrons. The topological polar surface area (TPSA) is 0 Å². The maximum Gasteiger partial charge on any atom is 1.00 e. The molecule has 0 spiro atoms. The summed E-state index contributed by atoms with van der Waals surface area (Å²) in [4.78, 5) is 0. The number of hydrogen-bond donors (Lipinski definition) is 0. The summed E-state index contributed by atoms with van der Waals surface area (Å²) in [5, 5.41) is 0. The van der Waals surface area contributed by atoms with E-state index >= 15 is 0 Å². The molecule has 4 heavy (non-hydrogen) atoms. The standard InChI is InChI=1S/K.Ti.V.W.H/q+1;;;;-1. The average Bonchev–Trinajstić information content (AvgIpc) is 0. The average molecular weight is 323 g/mol. The molecule has 0 aromatic heterocycles. The third kappa shape index (κ3) is 9.16. The van der Waals surface area contributed by atoms with Gasteiger partial charge in [0.05, 0.1) is 0 Å². The van der Waals surface area contributed by atoms with Crippen LogP contribution in [0.5, 0.6) is 0 Å². The van der Waals surface area contributed by atoms with Gasteiger partial charge in [0.2, 0.25) is 0 Å². The number of hydrogen-bond acceptors (Lipinski definition) is 0. The fraction of sp³-hybridized carbons (Fsp3) is 0. The van der Waals surface area contributed by atoms with Gasteiger partial charge in [0.15, 0.2) is 0 Å². The monoisotopic (exact) mass is 323 g/mol. The molecular formula is HKTiVW. The van der Waals surface area contributed by atoms with E-state index in [1.165, 1.54) is 0 Å². The van der Waals surface area contributed by atoms with Crippen molar-refractivity contribution in [3.8, 4) is 0 Å². The fourth-order valence-electron chi connectivity index (χ4n) is 0. The van der Waals surface area contributed by atoms with Gasteiger partial charge in [0.25, 0.3) is 0 Å². The molecule has 0 bridgehead atoms. The number of rotatable bonds is 0. The Morgan fingerprint density at radius 1 is 1.25 bits per heavy atom. The van der Waals surface area contributed by atoms with E-state index in [2.05, 4.69) is 0 Å². The van der Waals surface area contributed by atoms with E-state index in [0.717, 1.165) is 0 Å². The SMILES string of the molecule is [H-].[K+].[Ti].[V].[W]. The summed E-state index contributed by atoms with van der Waals surface area (Å²) >= 11 is 0. The second kappa shape index (κ2) is 16.0. The molecule has 0 rings (SSSR count). The van der Waals surface area contributed by atoms with Crippen LogP contribution in [0, 0.1) is 0 Å². The molecule has 0 aliphatic heterocycles. The van der Waals surface area contributed by atoms with Gasteiger partial charge in [-0.15, -0.1) is 0 Å². The summed E-state index contributed by atoms with van der Waals surface area (Å²) in [5.74, 6) is 0. The minimum absolute atomic E-state index is 0. The molecule has 0 saturated heterocycles. The van der Waals surface area contributed by atoms with Gasteiger partial charge >= 0.3 is 51.4 Å². The smallest absolute Gasteiger partial charge is 1.00 e. The van der Waals surface area contributed by atoms with Crippen molar-refractivity contribution in [2.75, 3.05) is 0 Å². The van der Waals surface area contributed by atoms with Gasteiger partial charge in [-0.05, 0) is 0 Å². The molecule has 0 amide bonds. The Morgan fingerprint density at radius 2 is 1.25 bits per heavy atom. The van der Waals surface area contributed by atoms with E-state index in [1.54, 1.807) is 0 Å². The zero-order chi connectivity index (χ0) is 0. The molecule has 0 unspecified atom stereocenters. The molecule has 0 nitrogen and oxygen atoms in total. The zero-order valence-electron chi connectivity index (χ0n) is 3.36. The van der Waals surface area contributed by atoms with E-state index in [0.29, 0.717) is 0 Å². The van der Waals surface area contributed by atoms with Crippen LogP contribution in [0.15, 0.2) is 0 Å². The predicted octanol–water partition coefficient (Wildman–Crippen LogP) is -2.89. The van der Waals surface area contributed by atoms with Gasteiger partial charge in [-0.25, -0.2) is 0 Å². The Hall–Kier alpha value is 3.62. The van der Waals surface area contributed by atoms with E-state index in [4.69, 9.17) is 0 Å². The van der Waals surface area contributed by atoms with Crippen LogP contribution in [0.25, 0.3) is 0 Å². The quantitative estimate of drug-likeness (QED) is 0.420. The van der Waals surface area contributed by atoms with Crippen LogP contribution >= 0.6 is 0 Å². The third-order valence-electron chi connectivity index (χ3n) is 0. The van der Waals surface area contributed by atoms with Crippen LogP contribution in [-0.4, -0.2) is 0 Å². The Balaban J connectivity index is 0. The van der Waals surface area contributed by atoms with Crippen LogP contribution in [0.1, 0.15) is 1.43 Å². The van der Waals surface area contributed by atoms with Crippen molar-refractivity contribution in [2.24, 2.45) is 0 Å². The summed E-state index contributed by atoms with van der Waals surface area (Å²) in [6.45, 7) is 0. The first-order valence-electron chi connectivity index (χ1n) is 0. The molecule has 0 aromatic rings. The van der Waals surface area contributed by atoms with Crippen LogP contribution in [0.3, 0.4) is 0 Å². The van der Waals surface area contributed by atoms with Crippen LogP contribution < -0.4 is 51.4 Å². The molecule has 0 saturated carbocycles. The first kappa shape index (κ1) is 25.5. The van der Waals surface area contributed by atoms with E-state index in [1.807, 2.05) is 0 Å². The molecule has 0 aliphatic rings. The molecule has 0 heterocycles. The van der Waals surface area contributed by atoms with Crippen LogP contribution in [-0.2, 0) is 61.3 Å². The second-order valence-corrected chi connectivity index (χ2v) is 0. The van der Waals surface area contributed by atoms with Gasteiger partial charge in [0, 0.05) is 61.3 Å². The summed E-state index contributed by atoms with van der Waals surface area (Å²) < 4.78 is 0. The molecule has 0 fully saturated rings. The zero-order valence-corrected chi connectivity index (χ0v) is 11.4. The Labute approximate surface area is 111 Å². The summed E-state index contributed by atoms with van der Waals surface area (Å²) in [5.41, 5.74) is 0. The molecule has 0 aliphatic carbocycles. The molecule has 0 atom stereocenters. The molecule has 4 heteroatoms. The second-order valence-electron chi connectivity index (χ2n) is 0. The van der Waals surface area contributed by atoms with Gasteiger partial charge in [-0.1, -0.05) is 0 Å². The normalized spacial score (nSPS) is 0. The van der Waals surface area contributed by atoms with Crippen molar-refractivity contribution >= 4 is 0 Å². The summed E-state index contributed by atoms with van der Waals surface area (Å²) in [6.07, 6.45) is 0. The Kier molecular flexibility index (Phi) is 102. The first-order valence-corrected chi connectivity index (χ1v) is 0. The van der Waals surface area contributed by atoms with Gasteiger partial charge in [-0.3, -0.25) is 0 Å². The van der Waals surface area contributed by atoms with Crippen molar-refractivity contribution in [3.63, 3.8) is 0 Å². The molecule has 0 N–H and O–H groups in total. The maximum absolute atomic E-state index is 0. The van der Waals surface area contributed by atoms with Gasteiger partial charge < -0.3 is 1.43 Å². The molecule has 0 aromatic carbocycles. The minimum Gasteiger partial charge on any atom is -1.00 e. The van der Waals surface area contributed by atoms with E-state index < -0.39 is 0 Å². The van der Waals surface area contributed by atoms with Gasteiger partial charge in [0.1, 0.15) is 0 Å². The van der Waals surface area contributed by atoms with Crippen molar-refractivity contribution in [1.82, 2.24) is 0 Å².